The molecule has 1 aromatic carbocycles. The number of piperidine rings is 1. The fraction of sp³-hybridized carbons (Fsp3) is 0.636. The highest BCUT2D eigenvalue weighted by Crippen LogP contribution is 2.33. The molecule has 4 rings (SSSR count). The van der Waals surface area contributed by atoms with E-state index in [1.807, 2.05) is 6.92 Å². The van der Waals surface area contributed by atoms with Crippen LogP contribution in [0.5, 0.6) is 0 Å². The predicted molar refractivity (Wildman–Crippen MR) is 105 cm³/mol. The topological polar surface area (TPSA) is 59.1 Å². The minimum atomic E-state index is -4.39. The van der Waals surface area contributed by atoms with E-state index in [-0.39, 0.29) is 54.8 Å². The molecule has 0 saturated carbocycles. The van der Waals surface area contributed by atoms with E-state index in [0.717, 1.165) is 12.5 Å². The molecule has 0 radical (unpaired) electrons. The Kier molecular flexibility index (Phi) is 6.00. The number of alkyl halides is 3. The Labute approximate surface area is 179 Å². The van der Waals surface area contributed by atoms with Crippen molar-refractivity contribution in [3.05, 3.63) is 34.9 Å². The number of ether oxygens (including phenoxy) is 2. The van der Waals surface area contributed by atoms with Gasteiger partial charge in [-0.2, -0.15) is 13.2 Å². The second-order valence-corrected chi connectivity index (χ2v) is 8.76. The van der Waals surface area contributed by atoms with Crippen LogP contribution in [-0.2, 0) is 27.1 Å². The lowest BCUT2D eigenvalue weighted by Crippen LogP contribution is -2.65. The molecule has 0 spiro atoms. The summed E-state index contributed by atoms with van der Waals surface area (Å²) in [6, 6.07) is 3.96. The second-order valence-electron chi connectivity index (χ2n) is 8.76. The van der Waals surface area contributed by atoms with Gasteiger partial charge < -0.3 is 19.3 Å². The Balaban J connectivity index is 1.29. The molecule has 2 unspecified atom stereocenters. The van der Waals surface area contributed by atoms with Crippen molar-refractivity contribution in [2.24, 2.45) is 5.92 Å². The summed E-state index contributed by atoms with van der Waals surface area (Å²) >= 11 is 0. The lowest BCUT2D eigenvalue weighted by atomic mass is 9.88. The van der Waals surface area contributed by atoms with Crippen LogP contribution < -0.4 is 0 Å². The van der Waals surface area contributed by atoms with Gasteiger partial charge in [0, 0.05) is 25.4 Å². The number of likely N-dealkylation sites (tertiary alicyclic amines) is 2. The largest absolute Gasteiger partial charge is 0.416 e. The number of hydrogen-bond acceptors (Lipinski definition) is 4. The van der Waals surface area contributed by atoms with Gasteiger partial charge in [-0.15, -0.1) is 0 Å². The summed E-state index contributed by atoms with van der Waals surface area (Å²) in [5.41, 5.74) is -0.0153. The zero-order valence-electron chi connectivity index (χ0n) is 17.7. The fourth-order valence-electron chi connectivity index (χ4n) is 4.62. The molecule has 6 nitrogen and oxygen atoms in total. The maximum Gasteiger partial charge on any atom is 0.416 e. The minimum absolute atomic E-state index is 0.0442. The summed E-state index contributed by atoms with van der Waals surface area (Å²) in [6.07, 6.45) is -3.40. The SMILES string of the molecule is Cc1ccc(COC2CN(C(=O)N3CC[C@@H]4OCC(=O)C[C@@H]4C3)C2C)cc1C(F)(F)F. The molecule has 4 atom stereocenters. The highest BCUT2D eigenvalue weighted by molar-refractivity contribution is 5.81. The van der Waals surface area contributed by atoms with E-state index >= 15 is 0 Å². The summed E-state index contributed by atoms with van der Waals surface area (Å²) in [6.45, 7) is 5.04. The van der Waals surface area contributed by atoms with Crippen LogP contribution in [0.1, 0.15) is 36.5 Å². The monoisotopic (exact) mass is 440 g/mol. The maximum absolute atomic E-state index is 13.1. The summed E-state index contributed by atoms with van der Waals surface area (Å²) in [5.74, 6) is 0.123. The van der Waals surface area contributed by atoms with Gasteiger partial charge in [0.25, 0.3) is 0 Å². The van der Waals surface area contributed by atoms with Gasteiger partial charge >= 0.3 is 12.2 Å². The standard InChI is InChI=1S/C22H27F3N2O4/c1-13-3-4-15(7-18(13)22(23,24)25)11-30-20-10-27(14(20)2)21(29)26-6-5-19-16(9-26)8-17(28)12-31-19/h3-4,7,14,16,19-20H,5-6,8-12H2,1-2H3/t14?,16-,19+,20?/m1/s1. The van der Waals surface area contributed by atoms with Gasteiger partial charge in [0.1, 0.15) is 6.61 Å². The first-order valence-electron chi connectivity index (χ1n) is 10.6. The molecule has 3 aliphatic heterocycles. The number of ketones is 1. The number of hydrogen-bond donors (Lipinski definition) is 0. The second kappa shape index (κ2) is 8.43. The number of halogens is 3. The summed E-state index contributed by atoms with van der Waals surface area (Å²) in [4.78, 5) is 28.0. The van der Waals surface area contributed by atoms with Crippen molar-refractivity contribution in [1.29, 1.82) is 0 Å². The van der Waals surface area contributed by atoms with Gasteiger partial charge in [-0.25, -0.2) is 4.79 Å². The van der Waals surface area contributed by atoms with Crippen molar-refractivity contribution in [1.82, 2.24) is 9.80 Å². The summed E-state index contributed by atoms with van der Waals surface area (Å²) < 4.78 is 50.7. The number of nitrogens with zero attached hydrogens (tertiary/aromatic N) is 2. The molecule has 0 aliphatic carbocycles. The molecule has 170 valence electrons. The average molecular weight is 440 g/mol. The van der Waals surface area contributed by atoms with Crippen LogP contribution in [0.4, 0.5) is 18.0 Å². The van der Waals surface area contributed by atoms with Gasteiger partial charge in [0.05, 0.1) is 37.0 Å². The lowest BCUT2D eigenvalue weighted by Gasteiger charge is -2.49. The van der Waals surface area contributed by atoms with Crippen LogP contribution in [0.3, 0.4) is 0 Å². The third-order valence-electron chi connectivity index (χ3n) is 6.61. The lowest BCUT2D eigenvalue weighted by molar-refractivity contribution is -0.140. The average Bonchev–Trinajstić information content (AvgIpc) is 2.72. The van der Waals surface area contributed by atoms with Crippen LogP contribution in [0.2, 0.25) is 0 Å². The van der Waals surface area contributed by atoms with Crippen LogP contribution in [-0.4, -0.2) is 66.1 Å². The quantitative estimate of drug-likeness (QED) is 0.723. The van der Waals surface area contributed by atoms with E-state index in [9.17, 15) is 22.8 Å². The smallest absolute Gasteiger partial charge is 0.370 e. The normalized spacial score (nSPS) is 28.9. The molecule has 0 N–H and O–H groups in total. The molecule has 9 heteroatoms. The van der Waals surface area contributed by atoms with Crippen molar-refractivity contribution < 1.29 is 32.2 Å². The zero-order chi connectivity index (χ0) is 22.3. The van der Waals surface area contributed by atoms with Crippen molar-refractivity contribution in [3.8, 4) is 0 Å². The Morgan fingerprint density at radius 2 is 2.06 bits per heavy atom. The van der Waals surface area contributed by atoms with Crippen molar-refractivity contribution in [2.75, 3.05) is 26.2 Å². The molecule has 3 aliphatic rings. The predicted octanol–water partition coefficient (Wildman–Crippen LogP) is 3.40. The first-order valence-corrected chi connectivity index (χ1v) is 10.6. The first kappa shape index (κ1) is 22.1. The fourth-order valence-corrected chi connectivity index (χ4v) is 4.62. The number of rotatable bonds is 3. The number of amides is 2. The van der Waals surface area contributed by atoms with Gasteiger partial charge in [-0.05, 0) is 37.5 Å². The Morgan fingerprint density at radius 1 is 1.29 bits per heavy atom. The molecule has 3 saturated heterocycles. The van der Waals surface area contributed by atoms with E-state index in [1.54, 1.807) is 15.9 Å². The molecule has 1 aromatic rings. The van der Waals surface area contributed by atoms with Gasteiger partial charge in [-0.1, -0.05) is 12.1 Å². The Bertz CT molecular complexity index is 860. The third kappa shape index (κ3) is 4.57. The molecule has 3 fully saturated rings. The number of carbonyl (C=O) groups excluding carboxylic acids is 2. The van der Waals surface area contributed by atoms with E-state index in [2.05, 4.69) is 0 Å². The number of fused-ring (bicyclic) bond motifs is 1. The number of carbonyl (C=O) groups is 2. The van der Waals surface area contributed by atoms with Crippen LogP contribution >= 0.6 is 0 Å². The van der Waals surface area contributed by atoms with Crippen molar-refractivity contribution in [3.63, 3.8) is 0 Å². The summed E-state index contributed by atoms with van der Waals surface area (Å²) in [5, 5.41) is 0. The van der Waals surface area contributed by atoms with Gasteiger partial charge in [-0.3, -0.25) is 4.79 Å². The van der Waals surface area contributed by atoms with E-state index < -0.39 is 11.7 Å². The highest BCUT2D eigenvalue weighted by atomic mass is 19.4. The third-order valence-corrected chi connectivity index (χ3v) is 6.61. The number of urea groups is 1. The molecular weight excluding hydrogens is 413 g/mol. The van der Waals surface area contributed by atoms with E-state index in [1.165, 1.54) is 13.0 Å². The molecule has 31 heavy (non-hydrogen) atoms. The molecule has 0 aromatic heterocycles. The van der Waals surface area contributed by atoms with E-state index in [0.29, 0.717) is 31.6 Å². The Hall–Kier alpha value is -2.13. The zero-order valence-corrected chi connectivity index (χ0v) is 17.7. The molecular formula is C22H27F3N2O4. The minimum Gasteiger partial charge on any atom is -0.370 e. The van der Waals surface area contributed by atoms with E-state index in [4.69, 9.17) is 9.47 Å². The summed E-state index contributed by atoms with van der Waals surface area (Å²) in [7, 11) is 0. The van der Waals surface area contributed by atoms with Gasteiger partial charge in [0.2, 0.25) is 0 Å². The maximum atomic E-state index is 13.1. The molecule has 2 amide bonds. The van der Waals surface area contributed by atoms with Crippen LogP contribution in [0, 0.1) is 12.8 Å². The van der Waals surface area contributed by atoms with Crippen molar-refractivity contribution in [2.45, 2.75) is 57.7 Å². The molecule has 0 bridgehead atoms. The Morgan fingerprint density at radius 3 is 2.77 bits per heavy atom. The number of aryl methyl sites for hydroxylation is 1. The molecule has 3 heterocycles. The van der Waals surface area contributed by atoms with Gasteiger partial charge in [0.15, 0.2) is 5.78 Å². The number of Topliss-reactive ketones (excluding diaryl/α,β-unsaturated/α-hetero) is 1. The number of benzene rings is 1. The van der Waals surface area contributed by atoms with Crippen LogP contribution in [0.15, 0.2) is 18.2 Å². The first-order chi connectivity index (χ1) is 14.6. The highest BCUT2D eigenvalue weighted by Gasteiger charge is 2.44. The van der Waals surface area contributed by atoms with Crippen LogP contribution in [0.25, 0.3) is 0 Å². The van der Waals surface area contributed by atoms with Crippen molar-refractivity contribution >= 4 is 11.8 Å².